The minimum absolute atomic E-state index is 0. The number of ether oxygens (including phenoxy) is 2. The quantitative estimate of drug-likeness (QED) is 0.619. The first-order valence-corrected chi connectivity index (χ1v) is 8.38. The first-order chi connectivity index (χ1) is 12.6. The van der Waals surface area contributed by atoms with Crippen molar-refractivity contribution >= 4 is 24.1 Å². The Morgan fingerprint density at radius 2 is 2.11 bits per heavy atom. The van der Waals surface area contributed by atoms with Crippen LogP contribution in [0.1, 0.15) is 6.42 Å². The van der Waals surface area contributed by atoms with Crippen molar-refractivity contribution < 1.29 is 19.4 Å². The Morgan fingerprint density at radius 3 is 2.81 bits per heavy atom. The maximum Gasteiger partial charge on any atom is 0.319 e. The largest absolute Gasteiger partial charge is 0.497 e. The molecule has 2 aromatic rings. The second-order valence-corrected chi connectivity index (χ2v) is 5.93. The molecule has 2 atom stereocenters. The minimum Gasteiger partial charge on any atom is -0.497 e. The van der Waals surface area contributed by atoms with Gasteiger partial charge in [0.25, 0.3) is 0 Å². The molecule has 0 spiro atoms. The van der Waals surface area contributed by atoms with Gasteiger partial charge in [-0.25, -0.2) is 9.78 Å². The molecule has 2 amide bonds. The molecule has 9 heteroatoms. The Labute approximate surface area is 163 Å². The number of hydrogen-bond donors (Lipinski definition) is 4. The molecule has 1 aromatic heterocycles. The van der Waals surface area contributed by atoms with Crippen molar-refractivity contribution in [3.05, 3.63) is 42.6 Å². The lowest BCUT2D eigenvalue weighted by Gasteiger charge is -2.29. The van der Waals surface area contributed by atoms with E-state index in [-0.39, 0.29) is 24.5 Å². The summed E-state index contributed by atoms with van der Waals surface area (Å²) >= 11 is 0. The molecule has 0 bridgehead atoms. The van der Waals surface area contributed by atoms with Gasteiger partial charge in [0.05, 0.1) is 31.1 Å². The van der Waals surface area contributed by atoms with E-state index in [9.17, 15) is 9.90 Å². The number of hydrogen-bond acceptors (Lipinski definition) is 6. The van der Waals surface area contributed by atoms with E-state index in [4.69, 9.17) is 9.47 Å². The third-order valence-electron chi connectivity index (χ3n) is 4.02. The molecule has 27 heavy (non-hydrogen) atoms. The molecule has 146 valence electrons. The van der Waals surface area contributed by atoms with Crippen LogP contribution in [0.2, 0.25) is 0 Å². The Bertz CT molecular complexity index is 744. The van der Waals surface area contributed by atoms with Crippen LogP contribution in [0.4, 0.5) is 10.5 Å². The molecular weight excluding hydrogens is 372 g/mol. The normalized spacial score (nSPS) is 18.7. The van der Waals surface area contributed by atoms with Crippen LogP contribution in [0.15, 0.2) is 42.6 Å². The van der Waals surface area contributed by atoms with Crippen LogP contribution < -0.4 is 25.4 Å². The third-order valence-corrected chi connectivity index (χ3v) is 4.02. The van der Waals surface area contributed by atoms with Crippen LogP contribution in [0.3, 0.4) is 0 Å². The van der Waals surface area contributed by atoms with E-state index in [1.54, 1.807) is 31.4 Å². The van der Waals surface area contributed by atoms with E-state index < -0.39 is 6.10 Å². The SMILES string of the molecule is COc1cccc(Oc2ccc(NC(=O)N[C@@H]3CNCC[C@H]3O)cn2)c1.Cl. The summed E-state index contributed by atoms with van der Waals surface area (Å²) in [7, 11) is 1.59. The number of aromatic nitrogens is 1. The number of nitrogens with zero attached hydrogens (tertiary/aromatic N) is 1. The standard InChI is InChI=1S/C18H22N4O4.ClH/c1-25-13-3-2-4-14(9-13)26-17-6-5-12(10-20-17)21-18(24)22-15-11-19-8-7-16(15)23;/h2-6,9-10,15-16,19,23H,7-8,11H2,1H3,(H2,21,22,24);1H/t15-,16-;/m1./s1. The van der Waals surface area contributed by atoms with Crippen LogP contribution >= 0.6 is 12.4 Å². The molecular formula is C18H23ClN4O4. The van der Waals surface area contributed by atoms with Gasteiger partial charge in [0.2, 0.25) is 5.88 Å². The Balaban J connectivity index is 0.00000261. The second-order valence-electron chi connectivity index (χ2n) is 5.93. The first-order valence-electron chi connectivity index (χ1n) is 8.38. The number of amides is 2. The van der Waals surface area contributed by atoms with Gasteiger partial charge in [-0.3, -0.25) is 0 Å². The smallest absolute Gasteiger partial charge is 0.319 e. The fourth-order valence-electron chi connectivity index (χ4n) is 2.63. The highest BCUT2D eigenvalue weighted by Crippen LogP contribution is 2.24. The van der Waals surface area contributed by atoms with Crippen molar-refractivity contribution in [3.63, 3.8) is 0 Å². The number of rotatable bonds is 5. The molecule has 0 saturated carbocycles. The van der Waals surface area contributed by atoms with E-state index >= 15 is 0 Å². The monoisotopic (exact) mass is 394 g/mol. The average Bonchev–Trinajstić information content (AvgIpc) is 2.65. The molecule has 3 rings (SSSR count). The van der Waals surface area contributed by atoms with Gasteiger partial charge in [0.15, 0.2) is 0 Å². The lowest BCUT2D eigenvalue weighted by atomic mass is 10.0. The summed E-state index contributed by atoms with van der Waals surface area (Å²) in [5.41, 5.74) is 0.527. The van der Waals surface area contributed by atoms with Crippen LogP contribution in [0, 0.1) is 0 Å². The lowest BCUT2D eigenvalue weighted by Crippen LogP contribution is -2.54. The summed E-state index contributed by atoms with van der Waals surface area (Å²) in [6, 6.07) is 9.85. The summed E-state index contributed by atoms with van der Waals surface area (Å²) in [5, 5.41) is 18.5. The Hall–Kier alpha value is -2.55. The highest BCUT2D eigenvalue weighted by molar-refractivity contribution is 5.89. The van der Waals surface area contributed by atoms with E-state index in [1.807, 2.05) is 12.1 Å². The van der Waals surface area contributed by atoms with Crippen LogP contribution in [0.25, 0.3) is 0 Å². The van der Waals surface area contributed by atoms with Crippen molar-refractivity contribution in [1.29, 1.82) is 0 Å². The van der Waals surface area contributed by atoms with Gasteiger partial charge in [-0.05, 0) is 31.2 Å². The molecule has 0 aliphatic carbocycles. The molecule has 1 aromatic carbocycles. The summed E-state index contributed by atoms with van der Waals surface area (Å²) in [5.74, 6) is 1.70. The number of aliphatic hydroxyl groups is 1. The molecule has 0 radical (unpaired) electrons. The topological polar surface area (TPSA) is 105 Å². The number of pyridine rings is 1. The zero-order valence-electron chi connectivity index (χ0n) is 14.8. The molecule has 1 aliphatic rings. The fourth-order valence-corrected chi connectivity index (χ4v) is 2.63. The van der Waals surface area contributed by atoms with Crippen molar-refractivity contribution in [3.8, 4) is 17.4 Å². The molecule has 1 aliphatic heterocycles. The Kier molecular flexibility index (Phi) is 7.66. The maximum atomic E-state index is 12.0. The highest BCUT2D eigenvalue weighted by atomic mass is 35.5. The predicted molar refractivity (Wildman–Crippen MR) is 104 cm³/mol. The maximum absolute atomic E-state index is 12.0. The van der Waals surface area contributed by atoms with Crippen LogP contribution in [0.5, 0.6) is 17.4 Å². The van der Waals surface area contributed by atoms with Gasteiger partial charge in [-0.15, -0.1) is 12.4 Å². The van der Waals surface area contributed by atoms with E-state index in [2.05, 4.69) is 20.9 Å². The molecule has 1 saturated heterocycles. The second kappa shape index (κ2) is 9.96. The number of urea groups is 1. The van der Waals surface area contributed by atoms with Crippen molar-refractivity contribution in [2.75, 3.05) is 25.5 Å². The average molecular weight is 395 g/mol. The summed E-state index contributed by atoms with van der Waals surface area (Å²) < 4.78 is 10.8. The van der Waals surface area contributed by atoms with Gasteiger partial charge < -0.3 is 30.5 Å². The number of methoxy groups -OCH3 is 1. The molecule has 4 N–H and O–H groups in total. The number of benzene rings is 1. The number of piperidine rings is 1. The fraction of sp³-hybridized carbons (Fsp3) is 0.333. The molecule has 1 fully saturated rings. The number of aliphatic hydroxyl groups excluding tert-OH is 1. The van der Waals surface area contributed by atoms with Gasteiger partial charge >= 0.3 is 6.03 Å². The summed E-state index contributed by atoms with van der Waals surface area (Å²) in [6.45, 7) is 1.29. The number of nitrogens with one attached hydrogen (secondary N) is 3. The summed E-state index contributed by atoms with van der Waals surface area (Å²) in [6.07, 6.45) is 1.58. The molecule has 8 nitrogen and oxygen atoms in total. The van der Waals surface area contributed by atoms with Gasteiger partial charge in [0, 0.05) is 18.7 Å². The van der Waals surface area contributed by atoms with Crippen LogP contribution in [-0.4, -0.2) is 48.5 Å². The van der Waals surface area contributed by atoms with Gasteiger partial charge in [-0.2, -0.15) is 0 Å². The zero-order chi connectivity index (χ0) is 18.4. The van der Waals surface area contributed by atoms with Crippen molar-refractivity contribution in [1.82, 2.24) is 15.6 Å². The molecule has 2 heterocycles. The number of anilines is 1. The number of halogens is 1. The van der Waals surface area contributed by atoms with Gasteiger partial charge in [-0.1, -0.05) is 6.07 Å². The predicted octanol–water partition coefficient (Wildman–Crippen LogP) is 2.15. The van der Waals surface area contributed by atoms with E-state index in [1.165, 1.54) is 6.20 Å². The van der Waals surface area contributed by atoms with Crippen molar-refractivity contribution in [2.24, 2.45) is 0 Å². The Morgan fingerprint density at radius 1 is 1.30 bits per heavy atom. The number of carbonyl (C=O) groups is 1. The third kappa shape index (κ3) is 5.99. The van der Waals surface area contributed by atoms with Crippen molar-refractivity contribution in [2.45, 2.75) is 18.6 Å². The van der Waals surface area contributed by atoms with Crippen LogP contribution in [-0.2, 0) is 0 Å². The minimum atomic E-state index is -0.543. The van der Waals surface area contributed by atoms with E-state index in [0.717, 1.165) is 6.54 Å². The molecule has 0 unspecified atom stereocenters. The zero-order valence-corrected chi connectivity index (χ0v) is 15.7. The number of carbonyl (C=O) groups excluding carboxylic acids is 1. The van der Waals surface area contributed by atoms with Gasteiger partial charge in [0.1, 0.15) is 11.5 Å². The lowest BCUT2D eigenvalue weighted by molar-refractivity contribution is 0.103. The first kappa shape index (κ1) is 20.8. The summed E-state index contributed by atoms with van der Waals surface area (Å²) in [4.78, 5) is 16.2. The van der Waals surface area contributed by atoms with E-state index in [0.29, 0.717) is 36.0 Å². The highest BCUT2D eigenvalue weighted by Gasteiger charge is 2.24.